The lowest BCUT2D eigenvalue weighted by molar-refractivity contribution is -0.131. The normalized spacial score (nSPS) is 17.3. The van der Waals surface area contributed by atoms with Crippen molar-refractivity contribution in [3.05, 3.63) is 28.0 Å². The van der Waals surface area contributed by atoms with Gasteiger partial charge >= 0.3 is 5.97 Å². The van der Waals surface area contributed by atoms with Crippen molar-refractivity contribution in [2.75, 3.05) is 13.2 Å². The molecule has 0 bridgehead atoms. The van der Waals surface area contributed by atoms with Crippen molar-refractivity contribution < 1.29 is 23.1 Å². The van der Waals surface area contributed by atoms with Gasteiger partial charge in [-0.2, -0.15) is 0 Å². The molecule has 1 aliphatic rings. The minimum absolute atomic E-state index is 0.177. The van der Waals surface area contributed by atoms with Gasteiger partial charge in [0.05, 0.1) is 5.25 Å². The van der Waals surface area contributed by atoms with E-state index in [-0.39, 0.29) is 6.54 Å². The Balaban J connectivity index is 1.99. The van der Waals surface area contributed by atoms with Crippen molar-refractivity contribution in [2.45, 2.75) is 24.6 Å². The summed E-state index contributed by atoms with van der Waals surface area (Å²) in [7, 11) is -3.37. The molecule has 0 atom stereocenters. The number of carboxylic acids is 1. The molecule has 21 heavy (non-hydrogen) atoms. The van der Waals surface area contributed by atoms with E-state index >= 15 is 0 Å². The topological polar surface area (TPSA) is 92.7 Å². The van der Waals surface area contributed by atoms with Crippen molar-refractivity contribution >= 4 is 33.4 Å². The Hall–Kier alpha value is -1.22. The zero-order valence-electron chi connectivity index (χ0n) is 11.3. The first kappa shape index (κ1) is 16.2. The van der Waals surface area contributed by atoms with Gasteiger partial charge in [0.15, 0.2) is 0 Å². The summed E-state index contributed by atoms with van der Waals surface area (Å²) in [5.41, 5.74) is 0.720. The van der Waals surface area contributed by atoms with Crippen LogP contribution in [-0.2, 0) is 26.1 Å². The van der Waals surface area contributed by atoms with E-state index in [1.54, 1.807) is 11.4 Å². The van der Waals surface area contributed by atoms with Crippen LogP contribution in [0.1, 0.15) is 23.3 Å². The van der Waals surface area contributed by atoms with Gasteiger partial charge in [0.2, 0.25) is 10.0 Å². The number of aliphatic carboxylic acids is 1. The summed E-state index contributed by atoms with van der Waals surface area (Å²) >= 11 is 1.39. The first-order valence-electron chi connectivity index (χ1n) is 6.52. The van der Waals surface area contributed by atoms with Gasteiger partial charge in [0.25, 0.3) is 0 Å². The number of nitrogens with one attached hydrogen (secondary N) is 1. The first-order valence-corrected chi connectivity index (χ1v) is 8.95. The molecule has 1 aromatic heterocycles. The van der Waals surface area contributed by atoms with Crippen molar-refractivity contribution in [2.24, 2.45) is 0 Å². The molecule has 6 nitrogen and oxygen atoms in total. The molecule has 0 aromatic carbocycles. The zero-order valence-corrected chi connectivity index (χ0v) is 13.0. The molecule has 1 aliphatic heterocycles. The highest BCUT2D eigenvalue weighted by Crippen LogP contribution is 2.20. The lowest BCUT2D eigenvalue weighted by Gasteiger charge is -2.22. The van der Waals surface area contributed by atoms with Crippen LogP contribution >= 0.6 is 11.3 Å². The maximum absolute atomic E-state index is 12.2. The summed E-state index contributed by atoms with van der Waals surface area (Å²) in [6.07, 6.45) is 3.52. The zero-order chi connectivity index (χ0) is 15.3. The molecule has 1 fully saturated rings. The van der Waals surface area contributed by atoms with E-state index in [4.69, 9.17) is 9.84 Å². The second-order valence-corrected chi connectivity index (χ2v) is 7.69. The van der Waals surface area contributed by atoms with Gasteiger partial charge in [-0.3, -0.25) is 0 Å². The largest absolute Gasteiger partial charge is 0.478 e. The summed E-state index contributed by atoms with van der Waals surface area (Å²) in [6, 6.07) is 1.77. The van der Waals surface area contributed by atoms with Crippen LogP contribution in [0.5, 0.6) is 0 Å². The van der Waals surface area contributed by atoms with E-state index < -0.39 is 21.2 Å². The van der Waals surface area contributed by atoms with Crippen LogP contribution in [0.3, 0.4) is 0 Å². The monoisotopic (exact) mass is 331 g/mol. The number of hydrogen-bond donors (Lipinski definition) is 2. The molecule has 1 aromatic rings. The van der Waals surface area contributed by atoms with E-state index in [0.717, 1.165) is 16.5 Å². The molecule has 2 heterocycles. The molecule has 0 aliphatic carbocycles. The SMILES string of the molecule is O=C(O)/C=C/c1ccsc1CNS(=O)(=O)C1CCOCC1. The molecule has 0 saturated carbocycles. The molecular weight excluding hydrogens is 314 g/mol. The fraction of sp³-hybridized carbons (Fsp3) is 0.462. The molecule has 2 N–H and O–H groups in total. The summed E-state index contributed by atoms with van der Waals surface area (Å²) in [5.74, 6) is -1.03. The highest BCUT2D eigenvalue weighted by atomic mass is 32.2. The highest BCUT2D eigenvalue weighted by molar-refractivity contribution is 7.90. The van der Waals surface area contributed by atoms with Gasteiger partial charge in [0.1, 0.15) is 0 Å². The predicted octanol–water partition coefficient (Wildman–Crippen LogP) is 1.44. The number of sulfonamides is 1. The predicted molar refractivity (Wildman–Crippen MR) is 80.6 cm³/mol. The van der Waals surface area contributed by atoms with Crippen LogP contribution < -0.4 is 4.72 Å². The summed E-state index contributed by atoms with van der Waals surface area (Å²) in [4.78, 5) is 11.3. The molecular formula is C13H17NO5S2. The minimum Gasteiger partial charge on any atom is -0.478 e. The van der Waals surface area contributed by atoms with E-state index in [2.05, 4.69) is 4.72 Å². The van der Waals surface area contributed by atoms with Crippen LogP contribution in [0.2, 0.25) is 0 Å². The van der Waals surface area contributed by atoms with Gasteiger partial charge < -0.3 is 9.84 Å². The lowest BCUT2D eigenvalue weighted by Crippen LogP contribution is -2.37. The maximum Gasteiger partial charge on any atom is 0.328 e. The summed E-state index contributed by atoms with van der Waals surface area (Å²) < 4.78 is 32.1. The van der Waals surface area contributed by atoms with Crippen LogP contribution in [0.15, 0.2) is 17.5 Å². The van der Waals surface area contributed by atoms with Crippen LogP contribution in [0.25, 0.3) is 6.08 Å². The van der Waals surface area contributed by atoms with E-state index in [0.29, 0.717) is 26.1 Å². The number of carbonyl (C=O) groups is 1. The smallest absolute Gasteiger partial charge is 0.328 e. The van der Waals surface area contributed by atoms with Crippen LogP contribution in [-0.4, -0.2) is 38.0 Å². The number of carboxylic acid groups (broad SMARTS) is 1. The van der Waals surface area contributed by atoms with Gasteiger partial charge in [-0.05, 0) is 35.9 Å². The third-order valence-corrected chi connectivity index (χ3v) is 6.06. The number of hydrogen-bond acceptors (Lipinski definition) is 5. The molecule has 1 saturated heterocycles. The van der Waals surface area contributed by atoms with Gasteiger partial charge in [-0.25, -0.2) is 17.9 Å². The third-order valence-electron chi connectivity index (χ3n) is 3.23. The molecule has 0 spiro atoms. The average molecular weight is 331 g/mol. The average Bonchev–Trinajstić information content (AvgIpc) is 2.91. The Bertz CT molecular complexity index is 614. The van der Waals surface area contributed by atoms with Crippen molar-refractivity contribution in [1.82, 2.24) is 4.72 Å². The van der Waals surface area contributed by atoms with Gasteiger partial charge in [-0.1, -0.05) is 0 Å². The Morgan fingerprint density at radius 1 is 1.48 bits per heavy atom. The fourth-order valence-corrected chi connectivity index (χ4v) is 4.37. The number of thiophene rings is 1. The van der Waals surface area contributed by atoms with E-state index in [9.17, 15) is 13.2 Å². The lowest BCUT2D eigenvalue weighted by atomic mass is 10.2. The Morgan fingerprint density at radius 3 is 2.86 bits per heavy atom. The van der Waals surface area contributed by atoms with Crippen molar-refractivity contribution in [3.63, 3.8) is 0 Å². The van der Waals surface area contributed by atoms with E-state index in [1.807, 2.05) is 0 Å². The third kappa shape index (κ3) is 4.63. The van der Waals surface area contributed by atoms with Gasteiger partial charge in [0, 0.05) is 30.7 Å². The summed E-state index contributed by atoms with van der Waals surface area (Å²) in [5, 5.41) is 10.0. The van der Waals surface area contributed by atoms with Crippen LogP contribution in [0.4, 0.5) is 0 Å². The fourth-order valence-electron chi connectivity index (χ4n) is 2.07. The van der Waals surface area contributed by atoms with E-state index in [1.165, 1.54) is 17.4 Å². The van der Waals surface area contributed by atoms with Crippen molar-refractivity contribution in [1.29, 1.82) is 0 Å². The second kappa shape index (κ2) is 7.17. The maximum atomic E-state index is 12.2. The molecule has 0 unspecified atom stereocenters. The number of rotatable bonds is 6. The summed E-state index contributed by atoms with van der Waals surface area (Å²) in [6.45, 7) is 1.12. The van der Waals surface area contributed by atoms with Gasteiger partial charge in [-0.15, -0.1) is 11.3 Å². The Labute approximate surface area is 127 Å². The van der Waals surface area contributed by atoms with Crippen LogP contribution in [0, 0.1) is 0 Å². The molecule has 2 rings (SSSR count). The first-order chi connectivity index (χ1) is 9.99. The van der Waals surface area contributed by atoms with Crippen molar-refractivity contribution in [3.8, 4) is 0 Å². The standard InChI is InChI=1S/C13H17NO5S2/c15-13(16)2-1-10-5-8-20-12(10)9-14-21(17,18)11-3-6-19-7-4-11/h1-2,5,8,11,14H,3-4,6-7,9H2,(H,15,16)/b2-1+. The highest BCUT2D eigenvalue weighted by Gasteiger charge is 2.27. The quantitative estimate of drug-likeness (QED) is 0.770. The molecule has 0 amide bonds. The Morgan fingerprint density at radius 2 is 2.19 bits per heavy atom. The minimum atomic E-state index is -3.37. The molecule has 0 radical (unpaired) electrons. The number of ether oxygens (including phenoxy) is 1. The molecule has 8 heteroatoms. The second-order valence-electron chi connectivity index (χ2n) is 4.65. The molecule has 116 valence electrons. The Kier molecular flexibility index (Phi) is 5.51.